The van der Waals surface area contributed by atoms with Gasteiger partial charge in [-0.2, -0.15) is 4.98 Å². The maximum absolute atomic E-state index is 13.6. The third-order valence-electron chi connectivity index (χ3n) is 6.17. The number of fused-ring (bicyclic) bond motifs is 1. The van der Waals surface area contributed by atoms with Crippen molar-refractivity contribution in [2.75, 3.05) is 31.2 Å². The van der Waals surface area contributed by atoms with E-state index in [1.165, 1.54) is 0 Å². The molecule has 4 heterocycles. The van der Waals surface area contributed by atoms with Crippen LogP contribution in [0.4, 0.5) is 14.7 Å². The molecule has 9 heteroatoms. The van der Waals surface area contributed by atoms with Gasteiger partial charge < -0.3 is 9.64 Å². The highest BCUT2D eigenvalue weighted by atomic mass is 19.3. The molecule has 3 aromatic rings. The molecular formula is C24H30F2N6O. The van der Waals surface area contributed by atoms with Crippen LogP contribution < -0.4 is 4.90 Å². The first-order valence-electron chi connectivity index (χ1n) is 11.4. The number of ether oxygens (including phenoxy) is 1. The molecule has 0 aromatic carbocycles. The van der Waals surface area contributed by atoms with Crippen molar-refractivity contribution >= 4 is 17.1 Å². The molecule has 1 saturated heterocycles. The molecule has 7 nitrogen and oxygen atoms in total. The van der Waals surface area contributed by atoms with E-state index in [9.17, 15) is 8.78 Å². The Hall–Kier alpha value is -2.81. The van der Waals surface area contributed by atoms with E-state index in [1.807, 2.05) is 39.0 Å². The largest absolute Gasteiger partial charge is 0.378 e. The lowest BCUT2D eigenvalue weighted by molar-refractivity contribution is -0.0384. The van der Waals surface area contributed by atoms with Crippen LogP contribution >= 0.6 is 0 Å². The molecule has 1 aliphatic carbocycles. The summed E-state index contributed by atoms with van der Waals surface area (Å²) in [5, 5.41) is 0. The van der Waals surface area contributed by atoms with Crippen LogP contribution in [0.15, 0.2) is 24.4 Å². The maximum atomic E-state index is 13.6. The molecule has 0 amide bonds. The number of aromatic nitrogens is 5. The van der Waals surface area contributed by atoms with Crippen LogP contribution in [-0.2, 0) is 4.74 Å². The first kappa shape index (κ1) is 23.4. The molecule has 0 bridgehead atoms. The van der Waals surface area contributed by atoms with Crippen LogP contribution in [0.5, 0.6) is 0 Å². The number of morpholine rings is 1. The Bertz CT molecular complexity index is 1080. The Kier molecular flexibility index (Phi) is 7.07. The Morgan fingerprint density at radius 2 is 1.64 bits per heavy atom. The molecule has 1 saturated carbocycles. The molecule has 0 spiro atoms. The minimum Gasteiger partial charge on any atom is -0.378 e. The normalized spacial score (nSPS) is 18.6. The minimum absolute atomic E-state index is 0.0312. The monoisotopic (exact) mass is 456 g/mol. The number of rotatable bonds is 2. The Morgan fingerprint density at radius 1 is 0.939 bits per heavy atom. The number of pyridine rings is 1. The van der Waals surface area contributed by atoms with Gasteiger partial charge in [0.2, 0.25) is 11.9 Å². The highest BCUT2D eigenvalue weighted by Gasteiger charge is 2.37. The summed E-state index contributed by atoms with van der Waals surface area (Å²) in [5.74, 6) is -1.99. The van der Waals surface area contributed by atoms with Crippen LogP contribution in [0.2, 0.25) is 0 Å². The molecule has 0 atom stereocenters. The third kappa shape index (κ3) is 5.76. The Balaban J connectivity index is 0.000000318. The summed E-state index contributed by atoms with van der Waals surface area (Å²) in [6.07, 6.45) is 2.41. The van der Waals surface area contributed by atoms with E-state index < -0.39 is 5.92 Å². The van der Waals surface area contributed by atoms with Crippen molar-refractivity contribution in [3.63, 3.8) is 0 Å². The Morgan fingerprint density at radius 3 is 2.24 bits per heavy atom. The quantitative estimate of drug-likeness (QED) is 0.560. The number of anilines is 1. The van der Waals surface area contributed by atoms with Crippen LogP contribution in [-0.4, -0.2) is 57.1 Å². The molecule has 5 rings (SSSR count). The lowest BCUT2D eigenvalue weighted by Gasteiger charge is -2.30. The van der Waals surface area contributed by atoms with Gasteiger partial charge in [0.1, 0.15) is 5.52 Å². The third-order valence-corrected chi connectivity index (χ3v) is 6.17. The van der Waals surface area contributed by atoms with Crippen molar-refractivity contribution in [3.05, 3.63) is 47.2 Å². The van der Waals surface area contributed by atoms with Crippen LogP contribution in [0, 0.1) is 20.8 Å². The van der Waals surface area contributed by atoms with Crippen molar-refractivity contribution in [1.29, 1.82) is 0 Å². The minimum atomic E-state index is -2.56. The van der Waals surface area contributed by atoms with Gasteiger partial charge in [-0.25, -0.2) is 23.7 Å². The number of halogens is 2. The van der Waals surface area contributed by atoms with Gasteiger partial charge in [-0.15, -0.1) is 0 Å². The Labute approximate surface area is 192 Å². The highest BCUT2D eigenvalue weighted by molar-refractivity contribution is 5.75. The van der Waals surface area contributed by atoms with E-state index >= 15 is 0 Å². The van der Waals surface area contributed by atoms with Gasteiger partial charge in [-0.1, -0.05) is 6.07 Å². The summed E-state index contributed by atoms with van der Waals surface area (Å²) < 4.78 is 32.6. The second-order valence-electron chi connectivity index (χ2n) is 8.68. The van der Waals surface area contributed by atoms with Gasteiger partial charge in [0.25, 0.3) is 0 Å². The van der Waals surface area contributed by atoms with Crippen molar-refractivity contribution < 1.29 is 13.5 Å². The van der Waals surface area contributed by atoms with E-state index in [0.717, 1.165) is 22.8 Å². The van der Waals surface area contributed by atoms with Gasteiger partial charge in [0.05, 0.1) is 30.3 Å². The molecule has 2 fully saturated rings. The number of hydrogen-bond donors (Lipinski definition) is 0. The van der Waals surface area contributed by atoms with Crippen LogP contribution in [0.25, 0.3) is 11.2 Å². The zero-order chi connectivity index (χ0) is 23.4. The molecule has 0 unspecified atom stereocenters. The first-order valence-corrected chi connectivity index (χ1v) is 11.4. The predicted octanol–water partition coefficient (Wildman–Crippen LogP) is 4.56. The summed E-state index contributed by atoms with van der Waals surface area (Å²) in [6, 6.07) is 5.86. The fourth-order valence-electron chi connectivity index (χ4n) is 4.07. The van der Waals surface area contributed by atoms with Crippen molar-refractivity contribution in [2.24, 2.45) is 0 Å². The van der Waals surface area contributed by atoms with Crippen LogP contribution in [0.3, 0.4) is 0 Å². The summed E-state index contributed by atoms with van der Waals surface area (Å²) in [4.78, 5) is 24.7. The van der Waals surface area contributed by atoms with Crippen LogP contribution in [0.1, 0.15) is 54.4 Å². The van der Waals surface area contributed by atoms with E-state index in [4.69, 9.17) is 9.72 Å². The van der Waals surface area contributed by atoms with Crippen molar-refractivity contribution in [1.82, 2.24) is 24.9 Å². The van der Waals surface area contributed by atoms with E-state index in [-0.39, 0.29) is 18.8 Å². The fourth-order valence-corrected chi connectivity index (χ4v) is 4.07. The molecule has 176 valence electrons. The van der Waals surface area contributed by atoms with E-state index in [0.29, 0.717) is 56.3 Å². The van der Waals surface area contributed by atoms with Gasteiger partial charge in [0, 0.05) is 43.7 Å². The number of nitrogens with zero attached hydrogens (tertiary/aromatic N) is 6. The molecule has 1 aliphatic heterocycles. The average molecular weight is 457 g/mol. The lowest BCUT2D eigenvalue weighted by atomic mass is 9.84. The lowest BCUT2D eigenvalue weighted by Crippen LogP contribution is -2.37. The SMILES string of the molecule is Cc1ccccn1.Cc1nc2nc(N3CCOCC3)nc(C3CCC(F)(F)CC3)c2nc1C. The fraction of sp³-hybridized carbons (Fsp3) is 0.542. The average Bonchev–Trinajstić information content (AvgIpc) is 2.81. The summed E-state index contributed by atoms with van der Waals surface area (Å²) in [5.41, 5.74) is 4.69. The first-order chi connectivity index (χ1) is 15.8. The van der Waals surface area contributed by atoms with Crippen molar-refractivity contribution in [3.8, 4) is 0 Å². The smallest absolute Gasteiger partial charge is 0.248 e. The number of alkyl halides is 2. The molecule has 0 radical (unpaired) electrons. The zero-order valence-corrected chi connectivity index (χ0v) is 19.4. The predicted molar refractivity (Wildman–Crippen MR) is 123 cm³/mol. The maximum Gasteiger partial charge on any atom is 0.248 e. The summed E-state index contributed by atoms with van der Waals surface area (Å²) in [7, 11) is 0. The van der Waals surface area contributed by atoms with E-state index in [2.05, 4.69) is 24.8 Å². The topological polar surface area (TPSA) is 76.9 Å². The second kappa shape index (κ2) is 9.99. The van der Waals surface area contributed by atoms with Gasteiger partial charge in [-0.3, -0.25) is 4.98 Å². The molecule has 0 N–H and O–H groups in total. The molecule has 3 aromatic heterocycles. The summed E-state index contributed by atoms with van der Waals surface area (Å²) >= 11 is 0. The second-order valence-corrected chi connectivity index (χ2v) is 8.68. The standard InChI is InChI=1S/C18H23F2N5O.C6H7N/c1-11-12(2)22-16-15(21-11)14(13-3-5-18(19,20)6-4-13)23-17(24-16)25-7-9-26-10-8-25;1-6-4-2-3-5-7-6/h13H,3-10H2,1-2H3;2-5H,1H3. The van der Waals surface area contributed by atoms with E-state index in [1.54, 1.807) is 6.20 Å². The highest BCUT2D eigenvalue weighted by Crippen LogP contribution is 2.42. The van der Waals surface area contributed by atoms with Gasteiger partial charge in [0.15, 0.2) is 5.65 Å². The molecule has 2 aliphatic rings. The number of aryl methyl sites for hydroxylation is 3. The zero-order valence-electron chi connectivity index (χ0n) is 19.4. The summed E-state index contributed by atoms with van der Waals surface area (Å²) in [6.45, 7) is 8.46. The molecule has 33 heavy (non-hydrogen) atoms. The van der Waals surface area contributed by atoms with Crippen molar-refractivity contribution in [2.45, 2.75) is 58.3 Å². The van der Waals surface area contributed by atoms with Gasteiger partial charge >= 0.3 is 0 Å². The molecular weight excluding hydrogens is 426 g/mol. The van der Waals surface area contributed by atoms with Gasteiger partial charge in [-0.05, 0) is 45.7 Å². The number of hydrogen-bond acceptors (Lipinski definition) is 7.